The van der Waals surface area contributed by atoms with E-state index in [1.807, 2.05) is 18.6 Å². The Kier molecular flexibility index (Phi) is 5.44. The van der Waals surface area contributed by atoms with Crippen LogP contribution in [0.1, 0.15) is 16.1 Å². The maximum absolute atomic E-state index is 12.3. The van der Waals surface area contributed by atoms with Crippen LogP contribution in [-0.2, 0) is 18.4 Å². The normalized spacial score (nSPS) is 11.0. The Morgan fingerprint density at radius 2 is 2.12 bits per heavy atom. The number of thioether (sulfide) groups is 1. The Bertz CT molecular complexity index is 862. The van der Waals surface area contributed by atoms with E-state index >= 15 is 0 Å². The zero-order valence-corrected chi connectivity index (χ0v) is 14.7. The number of halogens is 2. The number of nitrogens with zero attached hydrogens (tertiary/aromatic N) is 3. The molecule has 130 valence electrons. The number of rotatable bonds is 6. The van der Waals surface area contributed by atoms with Crippen LogP contribution in [0.3, 0.4) is 0 Å². The van der Waals surface area contributed by atoms with Gasteiger partial charge in [0.2, 0.25) is 0 Å². The first-order chi connectivity index (χ1) is 12.0. The predicted molar refractivity (Wildman–Crippen MR) is 91.7 cm³/mol. The van der Waals surface area contributed by atoms with Crippen molar-refractivity contribution in [3.05, 3.63) is 53.3 Å². The van der Waals surface area contributed by atoms with Crippen molar-refractivity contribution in [3.63, 3.8) is 0 Å². The Balaban J connectivity index is 1.58. The number of thiazole rings is 1. The molecule has 0 spiro atoms. The van der Waals surface area contributed by atoms with Crippen LogP contribution in [0.15, 0.2) is 46.9 Å². The van der Waals surface area contributed by atoms with E-state index in [0.29, 0.717) is 27.9 Å². The molecule has 0 saturated carbocycles. The third-order valence-corrected chi connectivity index (χ3v) is 4.83. The standard InChI is InChI=1S/C16H13F2N3O2S2/c1-21-7-11(6-19-21)14-20-12(9-24-14)8-23-15(22)10-2-4-13(5-3-10)25-16(17)18/h2-7,9,16H,8H2,1H3. The fourth-order valence-corrected chi connectivity index (χ4v) is 3.31. The van der Waals surface area contributed by atoms with Crippen LogP contribution >= 0.6 is 23.1 Å². The average Bonchev–Trinajstić information content (AvgIpc) is 3.21. The van der Waals surface area contributed by atoms with Crippen LogP contribution in [-0.4, -0.2) is 26.5 Å². The second-order valence-electron chi connectivity index (χ2n) is 5.03. The number of ether oxygens (including phenoxy) is 1. The fraction of sp³-hybridized carbons (Fsp3) is 0.188. The molecule has 0 N–H and O–H groups in total. The number of carbonyl (C=O) groups is 1. The van der Waals surface area contributed by atoms with Crippen molar-refractivity contribution in [2.45, 2.75) is 17.3 Å². The van der Waals surface area contributed by atoms with Gasteiger partial charge >= 0.3 is 5.97 Å². The Morgan fingerprint density at radius 1 is 1.36 bits per heavy atom. The Labute approximate surface area is 150 Å². The largest absolute Gasteiger partial charge is 0.456 e. The first-order valence-corrected chi connectivity index (χ1v) is 8.92. The van der Waals surface area contributed by atoms with E-state index in [9.17, 15) is 13.6 Å². The van der Waals surface area contributed by atoms with Crippen molar-refractivity contribution >= 4 is 29.1 Å². The molecule has 9 heteroatoms. The molecule has 25 heavy (non-hydrogen) atoms. The molecule has 2 heterocycles. The van der Waals surface area contributed by atoms with Gasteiger partial charge in [0, 0.05) is 29.1 Å². The highest BCUT2D eigenvalue weighted by molar-refractivity contribution is 7.99. The minimum atomic E-state index is -2.49. The molecule has 0 unspecified atom stereocenters. The smallest absolute Gasteiger partial charge is 0.338 e. The van der Waals surface area contributed by atoms with Gasteiger partial charge in [-0.25, -0.2) is 9.78 Å². The van der Waals surface area contributed by atoms with Gasteiger partial charge in [-0.05, 0) is 24.3 Å². The van der Waals surface area contributed by atoms with E-state index < -0.39 is 11.7 Å². The first-order valence-electron chi connectivity index (χ1n) is 7.16. The summed E-state index contributed by atoms with van der Waals surface area (Å²) in [6, 6.07) is 5.87. The molecule has 0 aliphatic rings. The van der Waals surface area contributed by atoms with Crippen LogP contribution in [0.25, 0.3) is 10.6 Å². The van der Waals surface area contributed by atoms with Gasteiger partial charge in [-0.1, -0.05) is 11.8 Å². The number of carbonyl (C=O) groups excluding carboxylic acids is 1. The van der Waals surface area contributed by atoms with Gasteiger partial charge in [-0.3, -0.25) is 4.68 Å². The van der Waals surface area contributed by atoms with Gasteiger partial charge in [-0.15, -0.1) is 11.3 Å². The number of aryl methyl sites for hydroxylation is 1. The van der Waals surface area contributed by atoms with Gasteiger partial charge in [0.25, 0.3) is 5.76 Å². The SMILES string of the molecule is Cn1cc(-c2nc(COC(=O)c3ccc(SC(F)F)cc3)cs2)cn1. The summed E-state index contributed by atoms with van der Waals surface area (Å²) in [5.41, 5.74) is 1.85. The Hall–Kier alpha value is -2.26. The highest BCUT2D eigenvalue weighted by Crippen LogP contribution is 2.26. The number of hydrogen-bond acceptors (Lipinski definition) is 6. The van der Waals surface area contributed by atoms with Gasteiger partial charge in [-0.2, -0.15) is 13.9 Å². The summed E-state index contributed by atoms with van der Waals surface area (Å²) in [4.78, 5) is 16.8. The third-order valence-electron chi connectivity index (χ3n) is 3.17. The number of hydrogen-bond donors (Lipinski definition) is 0. The molecular formula is C16H13F2N3O2S2. The molecule has 3 aromatic rings. The van der Waals surface area contributed by atoms with Crippen molar-refractivity contribution in [2.75, 3.05) is 0 Å². The minimum absolute atomic E-state index is 0.0448. The van der Waals surface area contributed by atoms with Crippen LogP contribution in [0.5, 0.6) is 0 Å². The van der Waals surface area contributed by atoms with Crippen LogP contribution in [0, 0.1) is 0 Å². The summed E-state index contributed by atoms with van der Waals surface area (Å²) >= 11 is 1.87. The fourth-order valence-electron chi connectivity index (χ4n) is 2.03. The van der Waals surface area contributed by atoms with Crippen molar-refractivity contribution in [1.82, 2.24) is 14.8 Å². The van der Waals surface area contributed by atoms with Gasteiger partial charge in [0.05, 0.1) is 17.5 Å². The van der Waals surface area contributed by atoms with E-state index in [0.717, 1.165) is 10.6 Å². The summed E-state index contributed by atoms with van der Waals surface area (Å²) in [6.07, 6.45) is 3.57. The van der Waals surface area contributed by atoms with E-state index in [1.165, 1.54) is 35.6 Å². The van der Waals surface area contributed by atoms with Gasteiger partial charge < -0.3 is 4.74 Å². The molecule has 0 aliphatic carbocycles. The summed E-state index contributed by atoms with van der Waals surface area (Å²) < 4.78 is 31.5. The molecule has 0 aliphatic heterocycles. The van der Waals surface area contributed by atoms with E-state index in [4.69, 9.17) is 4.74 Å². The number of aromatic nitrogens is 3. The summed E-state index contributed by atoms with van der Waals surface area (Å²) in [6.45, 7) is 0.0448. The monoisotopic (exact) mass is 381 g/mol. The average molecular weight is 381 g/mol. The van der Waals surface area contributed by atoms with Gasteiger partial charge in [0.1, 0.15) is 11.6 Å². The molecule has 0 fully saturated rings. The molecule has 1 aromatic carbocycles. The third kappa shape index (κ3) is 4.64. The first kappa shape index (κ1) is 17.6. The molecule has 0 amide bonds. The molecule has 0 atom stereocenters. The highest BCUT2D eigenvalue weighted by atomic mass is 32.2. The molecular weight excluding hydrogens is 368 g/mol. The lowest BCUT2D eigenvalue weighted by Gasteiger charge is -2.04. The lowest BCUT2D eigenvalue weighted by atomic mass is 10.2. The molecule has 0 bridgehead atoms. The highest BCUT2D eigenvalue weighted by Gasteiger charge is 2.12. The van der Waals surface area contributed by atoms with Crippen LogP contribution in [0.4, 0.5) is 8.78 Å². The molecule has 2 aromatic heterocycles. The lowest BCUT2D eigenvalue weighted by Crippen LogP contribution is -2.05. The summed E-state index contributed by atoms with van der Waals surface area (Å²) in [7, 11) is 1.82. The van der Waals surface area contributed by atoms with Crippen molar-refractivity contribution in [1.29, 1.82) is 0 Å². The summed E-state index contributed by atoms with van der Waals surface area (Å²) in [5.74, 6) is -3.01. The maximum atomic E-state index is 12.3. The van der Waals surface area contributed by atoms with E-state index in [-0.39, 0.29) is 6.61 Å². The molecule has 3 rings (SSSR count). The van der Waals surface area contributed by atoms with Crippen molar-refractivity contribution < 1.29 is 18.3 Å². The zero-order chi connectivity index (χ0) is 17.8. The number of alkyl halides is 2. The minimum Gasteiger partial charge on any atom is -0.456 e. The molecule has 5 nitrogen and oxygen atoms in total. The summed E-state index contributed by atoms with van der Waals surface area (Å²) in [5, 5.41) is 6.71. The molecule has 0 saturated heterocycles. The number of esters is 1. The quantitative estimate of drug-likeness (QED) is 0.473. The molecule has 0 radical (unpaired) electrons. The van der Waals surface area contributed by atoms with Crippen molar-refractivity contribution in [2.24, 2.45) is 7.05 Å². The number of benzene rings is 1. The van der Waals surface area contributed by atoms with E-state index in [2.05, 4.69) is 10.1 Å². The van der Waals surface area contributed by atoms with E-state index in [1.54, 1.807) is 10.9 Å². The Morgan fingerprint density at radius 3 is 2.76 bits per heavy atom. The predicted octanol–water partition coefficient (Wildman–Crippen LogP) is 4.22. The second kappa shape index (κ2) is 7.75. The second-order valence-corrected chi connectivity index (χ2v) is 6.95. The van der Waals surface area contributed by atoms with Crippen LogP contribution < -0.4 is 0 Å². The lowest BCUT2D eigenvalue weighted by molar-refractivity contribution is 0.0468. The van der Waals surface area contributed by atoms with Crippen molar-refractivity contribution in [3.8, 4) is 10.6 Å². The zero-order valence-electron chi connectivity index (χ0n) is 13.1. The topological polar surface area (TPSA) is 57.0 Å². The van der Waals surface area contributed by atoms with Crippen LogP contribution in [0.2, 0.25) is 0 Å². The van der Waals surface area contributed by atoms with Gasteiger partial charge in [0.15, 0.2) is 0 Å². The maximum Gasteiger partial charge on any atom is 0.338 e.